The summed E-state index contributed by atoms with van der Waals surface area (Å²) in [4.78, 5) is 28.4. The van der Waals surface area contributed by atoms with Crippen molar-refractivity contribution in [2.75, 3.05) is 26.3 Å². The van der Waals surface area contributed by atoms with Crippen LogP contribution in [-0.2, 0) is 9.59 Å². The lowest BCUT2D eigenvalue weighted by Crippen LogP contribution is -2.34. The van der Waals surface area contributed by atoms with Gasteiger partial charge in [0.05, 0.1) is 5.52 Å². The Balaban J connectivity index is 1.54. The quantitative estimate of drug-likeness (QED) is 0.804. The summed E-state index contributed by atoms with van der Waals surface area (Å²) in [6, 6.07) is 3.40. The van der Waals surface area contributed by atoms with Gasteiger partial charge in [-0.1, -0.05) is 6.42 Å². The Bertz CT molecular complexity index is 920. The van der Waals surface area contributed by atoms with E-state index in [0.717, 1.165) is 19.3 Å². The maximum Gasteiger partial charge on any atom is 0.283 e. The van der Waals surface area contributed by atoms with Gasteiger partial charge in [0, 0.05) is 24.4 Å². The second kappa shape index (κ2) is 7.26. The zero-order chi connectivity index (χ0) is 18.8. The van der Waals surface area contributed by atoms with Gasteiger partial charge in [-0.05, 0) is 18.9 Å². The molecule has 0 atom stereocenters. The molecule has 2 amide bonds. The standard InChI is InChI=1S/C18H20N4O5/c23-15(10-22-5-3-1-2-4-16(22)24)20-21-17-11-8-13-14(27-7-6-26-13)9-12(11)19-18(17)25/h8-9,19,25H,1-7,10H2. The number of fused-ring (bicyclic) bond motifs is 2. The van der Waals surface area contributed by atoms with E-state index in [4.69, 9.17) is 9.47 Å². The number of ether oxygens (including phenoxy) is 2. The monoisotopic (exact) mass is 372 g/mol. The third kappa shape index (κ3) is 3.57. The highest BCUT2D eigenvalue weighted by molar-refractivity contribution is 5.96. The lowest BCUT2D eigenvalue weighted by Gasteiger charge is -2.18. The van der Waals surface area contributed by atoms with Crippen molar-refractivity contribution in [1.29, 1.82) is 0 Å². The molecule has 2 aliphatic heterocycles. The Hall–Kier alpha value is -3.10. The fourth-order valence-electron chi connectivity index (χ4n) is 3.31. The van der Waals surface area contributed by atoms with Crippen LogP contribution in [0.5, 0.6) is 17.4 Å². The highest BCUT2D eigenvalue weighted by Crippen LogP contribution is 2.42. The predicted molar refractivity (Wildman–Crippen MR) is 95.5 cm³/mol. The van der Waals surface area contributed by atoms with Gasteiger partial charge in [-0.2, -0.15) is 0 Å². The van der Waals surface area contributed by atoms with Gasteiger partial charge in [-0.15, -0.1) is 10.2 Å². The Morgan fingerprint density at radius 3 is 2.78 bits per heavy atom. The summed E-state index contributed by atoms with van der Waals surface area (Å²) in [6.07, 6.45) is 3.18. The topological polar surface area (TPSA) is 117 Å². The molecule has 142 valence electrons. The summed E-state index contributed by atoms with van der Waals surface area (Å²) in [7, 11) is 0. The zero-order valence-corrected chi connectivity index (χ0v) is 14.7. The first-order valence-corrected chi connectivity index (χ1v) is 8.98. The summed E-state index contributed by atoms with van der Waals surface area (Å²) in [5, 5.41) is 18.3. The van der Waals surface area contributed by atoms with Gasteiger partial charge in [0.25, 0.3) is 5.91 Å². The van der Waals surface area contributed by atoms with Crippen LogP contribution in [0.3, 0.4) is 0 Å². The number of rotatable bonds is 3. The Morgan fingerprint density at radius 1 is 1.19 bits per heavy atom. The van der Waals surface area contributed by atoms with Crippen molar-refractivity contribution in [3.8, 4) is 17.4 Å². The van der Waals surface area contributed by atoms with Crippen LogP contribution in [0.1, 0.15) is 25.7 Å². The number of aromatic amines is 1. The number of nitrogens with one attached hydrogen (secondary N) is 1. The minimum Gasteiger partial charge on any atom is -0.493 e. The number of hydrogen-bond donors (Lipinski definition) is 2. The van der Waals surface area contributed by atoms with Gasteiger partial charge in [-0.25, -0.2) is 0 Å². The van der Waals surface area contributed by atoms with Crippen LogP contribution >= 0.6 is 0 Å². The van der Waals surface area contributed by atoms with Crippen LogP contribution in [0, 0.1) is 0 Å². The summed E-state index contributed by atoms with van der Waals surface area (Å²) in [5.74, 6) is 0.362. The van der Waals surface area contributed by atoms with E-state index in [1.165, 1.54) is 4.90 Å². The number of carbonyl (C=O) groups is 2. The molecule has 9 heteroatoms. The highest BCUT2D eigenvalue weighted by Gasteiger charge is 2.20. The smallest absolute Gasteiger partial charge is 0.283 e. The van der Waals surface area contributed by atoms with Crippen molar-refractivity contribution >= 4 is 28.4 Å². The molecule has 0 spiro atoms. The molecule has 0 bridgehead atoms. The molecule has 0 radical (unpaired) electrons. The molecule has 1 aromatic carbocycles. The first-order chi connectivity index (χ1) is 13.1. The number of aromatic nitrogens is 1. The van der Waals surface area contributed by atoms with E-state index in [1.54, 1.807) is 12.1 Å². The van der Waals surface area contributed by atoms with Crippen LogP contribution in [0.4, 0.5) is 5.69 Å². The Labute approximate surface area is 155 Å². The van der Waals surface area contributed by atoms with Gasteiger partial charge < -0.3 is 24.5 Å². The molecular formula is C18H20N4O5. The average molecular weight is 372 g/mol. The van der Waals surface area contributed by atoms with Gasteiger partial charge in [0.15, 0.2) is 17.2 Å². The van der Waals surface area contributed by atoms with Crippen molar-refractivity contribution in [3.63, 3.8) is 0 Å². The lowest BCUT2D eigenvalue weighted by atomic mass is 10.2. The fraction of sp³-hybridized carbons (Fsp3) is 0.444. The second-order valence-electron chi connectivity index (χ2n) is 6.58. The highest BCUT2D eigenvalue weighted by atomic mass is 16.6. The van der Waals surface area contributed by atoms with Crippen molar-refractivity contribution in [2.24, 2.45) is 10.2 Å². The first kappa shape index (κ1) is 17.3. The number of aromatic hydroxyl groups is 1. The molecule has 1 aromatic heterocycles. The molecule has 1 saturated heterocycles. The van der Waals surface area contributed by atoms with E-state index >= 15 is 0 Å². The van der Waals surface area contributed by atoms with Crippen molar-refractivity contribution in [3.05, 3.63) is 12.1 Å². The molecule has 2 aliphatic rings. The van der Waals surface area contributed by atoms with Crippen molar-refractivity contribution in [2.45, 2.75) is 25.7 Å². The number of amides is 2. The fourth-order valence-corrected chi connectivity index (χ4v) is 3.31. The van der Waals surface area contributed by atoms with Gasteiger partial charge >= 0.3 is 0 Å². The maximum absolute atomic E-state index is 12.2. The zero-order valence-electron chi connectivity index (χ0n) is 14.7. The van der Waals surface area contributed by atoms with Crippen LogP contribution in [0.25, 0.3) is 10.9 Å². The largest absolute Gasteiger partial charge is 0.493 e. The molecular weight excluding hydrogens is 352 g/mol. The number of benzene rings is 1. The normalized spacial score (nSPS) is 17.5. The van der Waals surface area contributed by atoms with Crippen molar-refractivity contribution in [1.82, 2.24) is 9.88 Å². The number of hydrogen-bond acceptors (Lipinski definition) is 6. The molecule has 1 fully saturated rings. The van der Waals surface area contributed by atoms with E-state index in [1.807, 2.05) is 0 Å². The predicted octanol–water partition coefficient (Wildman–Crippen LogP) is 2.66. The number of carbonyl (C=O) groups excluding carboxylic acids is 2. The first-order valence-electron chi connectivity index (χ1n) is 8.98. The van der Waals surface area contributed by atoms with Gasteiger partial charge in [0.2, 0.25) is 11.8 Å². The minimum absolute atomic E-state index is 0.0326. The Kier molecular flexibility index (Phi) is 4.66. The third-order valence-electron chi connectivity index (χ3n) is 4.67. The van der Waals surface area contributed by atoms with Gasteiger partial charge in [0.1, 0.15) is 19.8 Å². The van der Waals surface area contributed by atoms with Gasteiger partial charge in [-0.3, -0.25) is 9.59 Å². The van der Waals surface area contributed by atoms with Crippen molar-refractivity contribution < 1.29 is 24.2 Å². The number of likely N-dealkylation sites (tertiary alicyclic amines) is 1. The van der Waals surface area contributed by atoms with E-state index in [9.17, 15) is 14.7 Å². The lowest BCUT2D eigenvalue weighted by molar-refractivity contribution is -0.134. The van der Waals surface area contributed by atoms with Crippen LogP contribution in [0.15, 0.2) is 22.4 Å². The van der Waals surface area contributed by atoms with E-state index < -0.39 is 5.91 Å². The van der Waals surface area contributed by atoms with E-state index in [-0.39, 0.29) is 24.0 Å². The van der Waals surface area contributed by atoms with Crippen LogP contribution < -0.4 is 9.47 Å². The molecule has 3 heterocycles. The minimum atomic E-state index is -0.531. The van der Waals surface area contributed by atoms with E-state index in [0.29, 0.717) is 48.6 Å². The van der Waals surface area contributed by atoms with E-state index in [2.05, 4.69) is 15.2 Å². The molecule has 0 aliphatic carbocycles. The third-order valence-corrected chi connectivity index (χ3v) is 4.67. The summed E-state index contributed by atoms with van der Waals surface area (Å²) >= 11 is 0. The molecule has 0 saturated carbocycles. The summed E-state index contributed by atoms with van der Waals surface area (Å²) < 4.78 is 11.1. The molecule has 2 N–H and O–H groups in total. The molecule has 9 nitrogen and oxygen atoms in total. The molecule has 0 unspecified atom stereocenters. The number of azo groups is 1. The summed E-state index contributed by atoms with van der Waals surface area (Å²) in [5.41, 5.74) is 0.748. The number of nitrogens with zero attached hydrogens (tertiary/aromatic N) is 3. The number of H-pyrrole nitrogens is 1. The SMILES string of the molecule is O=C(CN1CCCCCC1=O)N=Nc1c(O)[nH]c2cc3c(cc12)OCCO3. The molecule has 27 heavy (non-hydrogen) atoms. The average Bonchev–Trinajstić information content (AvgIpc) is 2.81. The Morgan fingerprint density at radius 2 is 1.96 bits per heavy atom. The molecule has 2 aromatic rings. The molecule has 4 rings (SSSR count). The maximum atomic E-state index is 12.2. The summed E-state index contributed by atoms with van der Waals surface area (Å²) in [6.45, 7) is 1.36. The second-order valence-corrected chi connectivity index (χ2v) is 6.58. The van der Waals surface area contributed by atoms with Crippen LogP contribution in [0.2, 0.25) is 0 Å². The van der Waals surface area contributed by atoms with Crippen LogP contribution in [-0.4, -0.2) is 53.1 Å².